The highest BCUT2D eigenvalue weighted by Gasteiger charge is 2.56. The molecule has 0 atom stereocenters. The number of thioether (sulfide) groups is 1. The molecule has 0 heterocycles. The van der Waals surface area contributed by atoms with Gasteiger partial charge in [0.25, 0.3) is 0 Å². The molecular formula is C15H13F3S. The molecule has 2 aromatic rings. The Bertz CT molecular complexity index is 481. The molecule has 0 aliphatic heterocycles. The van der Waals surface area contributed by atoms with Gasteiger partial charge in [0, 0.05) is 0 Å². The maximum Gasteiger partial charge on any atom is 0.411 e. The van der Waals surface area contributed by atoms with E-state index in [4.69, 9.17) is 0 Å². The second kappa shape index (κ2) is 5.29. The number of halogens is 3. The van der Waals surface area contributed by atoms with Crippen LogP contribution < -0.4 is 0 Å². The van der Waals surface area contributed by atoms with Crippen LogP contribution >= 0.6 is 11.8 Å². The quantitative estimate of drug-likeness (QED) is 0.775. The van der Waals surface area contributed by atoms with Crippen molar-refractivity contribution in [3.63, 3.8) is 0 Å². The van der Waals surface area contributed by atoms with Crippen molar-refractivity contribution in [1.29, 1.82) is 0 Å². The lowest BCUT2D eigenvalue weighted by Crippen LogP contribution is -2.40. The summed E-state index contributed by atoms with van der Waals surface area (Å²) in [7, 11) is 0. The van der Waals surface area contributed by atoms with Gasteiger partial charge in [0.05, 0.1) is 0 Å². The van der Waals surface area contributed by atoms with Crippen molar-refractivity contribution in [2.24, 2.45) is 0 Å². The van der Waals surface area contributed by atoms with Crippen molar-refractivity contribution < 1.29 is 13.2 Å². The van der Waals surface area contributed by atoms with E-state index in [-0.39, 0.29) is 11.1 Å². The van der Waals surface area contributed by atoms with Crippen LogP contribution in [0.1, 0.15) is 11.1 Å². The van der Waals surface area contributed by atoms with Gasteiger partial charge in [-0.15, -0.1) is 11.8 Å². The van der Waals surface area contributed by atoms with Gasteiger partial charge in [-0.1, -0.05) is 60.7 Å². The van der Waals surface area contributed by atoms with E-state index < -0.39 is 10.9 Å². The Morgan fingerprint density at radius 2 is 1.11 bits per heavy atom. The van der Waals surface area contributed by atoms with E-state index in [2.05, 4.69) is 0 Å². The lowest BCUT2D eigenvalue weighted by molar-refractivity contribution is -0.151. The monoisotopic (exact) mass is 282 g/mol. The average Bonchev–Trinajstić information content (AvgIpc) is 2.41. The fraction of sp³-hybridized carbons (Fsp3) is 0.200. The Kier molecular flexibility index (Phi) is 3.90. The van der Waals surface area contributed by atoms with Crippen molar-refractivity contribution in [3.05, 3.63) is 71.8 Å². The van der Waals surface area contributed by atoms with Crippen molar-refractivity contribution >= 4 is 11.8 Å². The summed E-state index contributed by atoms with van der Waals surface area (Å²) in [5.74, 6) is 0. The van der Waals surface area contributed by atoms with E-state index in [0.29, 0.717) is 0 Å². The maximum absolute atomic E-state index is 13.7. The Morgan fingerprint density at radius 3 is 1.37 bits per heavy atom. The Morgan fingerprint density at radius 1 is 0.737 bits per heavy atom. The highest BCUT2D eigenvalue weighted by molar-refractivity contribution is 7.99. The molecule has 0 unspecified atom stereocenters. The highest BCUT2D eigenvalue weighted by atomic mass is 32.2. The normalized spacial score (nSPS) is 12.4. The van der Waals surface area contributed by atoms with Crippen LogP contribution in [0.15, 0.2) is 60.7 Å². The van der Waals surface area contributed by atoms with Crippen LogP contribution in [-0.2, 0) is 4.75 Å². The zero-order valence-electron chi connectivity index (χ0n) is 10.3. The highest BCUT2D eigenvalue weighted by Crippen LogP contribution is 2.52. The molecule has 0 radical (unpaired) electrons. The molecule has 0 bridgehead atoms. The van der Waals surface area contributed by atoms with Crippen molar-refractivity contribution in [2.75, 3.05) is 6.26 Å². The third-order valence-corrected chi connectivity index (χ3v) is 4.38. The van der Waals surface area contributed by atoms with Crippen LogP contribution in [0.4, 0.5) is 13.2 Å². The summed E-state index contributed by atoms with van der Waals surface area (Å²) in [5.41, 5.74) is 0.502. The van der Waals surface area contributed by atoms with Gasteiger partial charge >= 0.3 is 6.18 Å². The third kappa shape index (κ3) is 2.37. The van der Waals surface area contributed by atoms with Gasteiger partial charge in [-0.3, -0.25) is 0 Å². The SMILES string of the molecule is CSC(c1ccccc1)(c1ccccc1)C(F)(F)F. The minimum absolute atomic E-state index is 0.251. The predicted molar refractivity (Wildman–Crippen MR) is 73.2 cm³/mol. The fourth-order valence-corrected chi connectivity index (χ4v) is 3.17. The molecule has 2 aromatic carbocycles. The summed E-state index contributed by atoms with van der Waals surface area (Å²) in [6, 6.07) is 16.1. The molecule has 0 aromatic heterocycles. The fourth-order valence-electron chi connectivity index (χ4n) is 2.19. The molecule has 0 fully saturated rings. The lowest BCUT2D eigenvalue weighted by atomic mass is 9.89. The Hall–Kier alpha value is -1.42. The second-order valence-electron chi connectivity index (χ2n) is 4.12. The van der Waals surface area contributed by atoms with Gasteiger partial charge in [-0.25, -0.2) is 0 Å². The minimum Gasteiger partial charge on any atom is -0.169 e. The van der Waals surface area contributed by atoms with Crippen LogP contribution in [0.2, 0.25) is 0 Å². The molecule has 100 valence electrons. The van der Waals surface area contributed by atoms with E-state index in [0.717, 1.165) is 11.8 Å². The van der Waals surface area contributed by atoms with Gasteiger partial charge < -0.3 is 0 Å². The summed E-state index contributed by atoms with van der Waals surface area (Å²) >= 11 is 0.806. The number of rotatable bonds is 3. The largest absolute Gasteiger partial charge is 0.411 e. The zero-order chi connectivity index (χ0) is 13.9. The van der Waals surface area contributed by atoms with Gasteiger partial charge in [-0.05, 0) is 17.4 Å². The molecule has 0 saturated carbocycles. The average molecular weight is 282 g/mol. The molecule has 0 amide bonds. The minimum atomic E-state index is -4.37. The molecule has 4 heteroatoms. The first-order valence-electron chi connectivity index (χ1n) is 5.75. The van der Waals surface area contributed by atoms with Gasteiger partial charge in [0.15, 0.2) is 4.75 Å². The van der Waals surface area contributed by atoms with E-state index in [1.165, 1.54) is 30.5 Å². The molecule has 0 aliphatic rings. The van der Waals surface area contributed by atoms with Crippen molar-refractivity contribution in [3.8, 4) is 0 Å². The molecule has 0 N–H and O–H groups in total. The van der Waals surface area contributed by atoms with Gasteiger partial charge in [0.2, 0.25) is 0 Å². The summed E-state index contributed by atoms with van der Waals surface area (Å²) in [5, 5.41) is 0. The topological polar surface area (TPSA) is 0 Å². The number of benzene rings is 2. The van der Waals surface area contributed by atoms with E-state index >= 15 is 0 Å². The first kappa shape index (κ1) is 14.0. The van der Waals surface area contributed by atoms with Crippen LogP contribution in [0.3, 0.4) is 0 Å². The molecular weight excluding hydrogens is 269 g/mol. The molecule has 0 spiro atoms. The van der Waals surface area contributed by atoms with Gasteiger partial charge in [-0.2, -0.15) is 13.2 Å². The number of hydrogen-bond acceptors (Lipinski definition) is 1. The smallest absolute Gasteiger partial charge is 0.169 e. The molecule has 19 heavy (non-hydrogen) atoms. The Labute approximate surface area is 114 Å². The maximum atomic E-state index is 13.7. The van der Waals surface area contributed by atoms with Crippen LogP contribution in [0, 0.1) is 0 Å². The number of hydrogen-bond donors (Lipinski definition) is 0. The standard InChI is InChI=1S/C15H13F3S/c1-19-14(15(16,17)18,12-8-4-2-5-9-12)13-10-6-3-7-11-13/h2-11H,1H3. The van der Waals surface area contributed by atoms with Crippen LogP contribution in [-0.4, -0.2) is 12.4 Å². The molecule has 2 rings (SSSR count). The first-order chi connectivity index (χ1) is 9.02. The van der Waals surface area contributed by atoms with E-state index in [9.17, 15) is 13.2 Å². The van der Waals surface area contributed by atoms with Crippen molar-refractivity contribution in [2.45, 2.75) is 10.9 Å². The lowest BCUT2D eigenvalue weighted by Gasteiger charge is -2.35. The molecule has 0 nitrogen and oxygen atoms in total. The van der Waals surface area contributed by atoms with Crippen LogP contribution in [0.25, 0.3) is 0 Å². The van der Waals surface area contributed by atoms with Gasteiger partial charge in [0.1, 0.15) is 0 Å². The molecule has 0 aliphatic carbocycles. The first-order valence-corrected chi connectivity index (χ1v) is 6.98. The third-order valence-electron chi connectivity index (χ3n) is 3.07. The summed E-state index contributed by atoms with van der Waals surface area (Å²) in [6.07, 6.45) is -2.87. The number of alkyl halides is 3. The van der Waals surface area contributed by atoms with Crippen LogP contribution in [0.5, 0.6) is 0 Å². The summed E-state index contributed by atoms with van der Waals surface area (Å²) in [6.45, 7) is 0. The zero-order valence-corrected chi connectivity index (χ0v) is 11.1. The van der Waals surface area contributed by atoms with E-state index in [1.807, 2.05) is 0 Å². The molecule has 0 saturated heterocycles. The second-order valence-corrected chi connectivity index (χ2v) is 5.14. The Balaban J connectivity index is 2.70. The summed E-state index contributed by atoms with van der Waals surface area (Å²) < 4.78 is 39.2. The summed E-state index contributed by atoms with van der Waals surface area (Å²) in [4.78, 5) is 0. The predicted octanol–water partition coefficient (Wildman–Crippen LogP) is 4.86. The van der Waals surface area contributed by atoms with Crippen molar-refractivity contribution in [1.82, 2.24) is 0 Å². The van der Waals surface area contributed by atoms with E-state index in [1.54, 1.807) is 36.4 Å².